The molecule has 1 aliphatic heterocycles. The molecule has 1 saturated heterocycles. The quantitative estimate of drug-likeness (QED) is 0.0829. The van der Waals surface area contributed by atoms with E-state index in [0.717, 1.165) is 68.3 Å². The van der Waals surface area contributed by atoms with Crippen LogP contribution in [-0.4, -0.2) is 155 Å². The Hall–Kier alpha value is -6.70. The zero-order valence-corrected chi connectivity index (χ0v) is 47.6. The Kier molecular flexibility index (Phi) is 17.6. The van der Waals surface area contributed by atoms with E-state index >= 15 is 0 Å². The monoisotopic (exact) mass is 1130 g/mol. The minimum Gasteiger partial charge on any atom is -0.493 e. The summed E-state index contributed by atoms with van der Waals surface area (Å²) in [5.41, 5.74) is 3.61. The van der Waals surface area contributed by atoms with Crippen molar-refractivity contribution in [1.82, 2.24) is 52.2 Å². The summed E-state index contributed by atoms with van der Waals surface area (Å²) < 4.78 is 82.5. The number of aromatic nitrogens is 8. The Labute approximate surface area is 459 Å². The minimum absolute atomic E-state index is 0.0454. The van der Waals surface area contributed by atoms with Crippen molar-refractivity contribution in [3.05, 3.63) is 104 Å². The molecule has 0 amide bonds. The molecule has 3 aromatic carbocycles. The molecule has 7 aromatic rings. The molecule has 10 rings (SSSR count). The Morgan fingerprint density at radius 3 is 1.61 bits per heavy atom. The number of likely N-dealkylation sites (N-methyl/N-ethyl adjacent to an activating group) is 1. The predicted octanol–water partition coefficient (Wildman–Crippen LogP) is 6.08. The van der Waals surface area contributed by atoms with Crippen LogP contribution in [0.25, 0.3) is 34.1 Å². The van der Waals surface area contributed by atoms with Crippen LogP contribution >= 0.6 is 0 Å². The first-order chi connectivity index (χ1) is 38.0. The van der Waals surface area contributed by atoms with Crippen LogP contribution in [0.3, 0.4) is 0 Å². The normalized spacial score (nSPS) is 16.0. The van der Waals surface area contributed by atoms with Gasteiger partial charge in [0, 0.05) is 58.2 Å². The van der Waals surface area contributed by atoms with Gasteiger partial charge in [-0.25, -0.2) is 59.5 Å². The van der Waals surface area contributed by atoms with Crippen molar-refractivity contribution in [3.8, 4) is 45.8 Å². The highest BCUT2D eigenvalue weighted by atomic mass is 32.2. The molecule has 3 fully saturated rings. The van der Waals surface area contributed by atoms with Crippen LogP contribution in [0.5, 0.6) is 23.0 Å². The number of aryl methyl sites for hydroxylation is 2. The number of aliphatic hydroxyl groups is 1. The van der Waals surface area contributed by atoms with E-state index in [1.807, 2.05) is 30.9 Å². The van der Waals surface area contributed by atoms with E-state index in [4.69, 9.17) is 38.9 Å². The number of sulfonamides is 2. The van der Waals surface area contributed by atoms with Crippen molar-refractivity contribution in [2.24, 2.45) is 0 Å². The average molecular weight is 1130 g/mol. The number of nitrogens with one attached hydrogen (secondary N) is 2. The van der Waals surface area contributed by atoms with Gasteiger partial charge in [-0.15, -0.1) is 0 Å². The van der Waals surface area contributed by atoms with Crippen LogP contribution < -0.4 is 30.3 Å². The zero-order valence-electron chi connectivity index (χ0n) is 45.9. The molecule has 22 nitrogen and oxygen atoms in total. The third-order valence-electron chi connectivity index (χ3n) is 15.1. The fourth-order valence-corrected chi connectivity index (χ4v) is 13.6. The second-order valence-corrected chi connectivity index (χ2v) is 24.1. The number of β-amino-alcohol motifs (C(OH)–C–C–N with tert-alkyl or cyclic N) is 1. The minimum atomic E-state index is -3.89. The summed E-state index contributed by atoms with van der Waals surface area (Å²) in [6, 6.07) is 14.8. The summed E-state index contributed by atoms with van der Waals surface area (Å²) in [6.45, 7) is 10.6. The average Bonchev–Trinajstić information content (AvgIpc) is 4.52. The van der Waals surface area contributed by atoms with E-state index in [9.17, 15) is 31.5 Å². The molecular formula is C55H71N11O11S2. The third-order valence-corrected chi connectivity index (χ3v) is 18.9. The Morgan fingerprint density at radius 1 is 0.646 bits per heavy atom. The molecule has 3 aliphatic rings. The molecule has 24 heteroatoms. The van der Waals surface area contributed by atoms with Crippen LogP contribution in [0.1, 0.15) is 106 Å². The summed E-state index contributed by atoms with van der Waals surface area (Å²) in [6.07, 6.45) is 8.99. The van der Waals surface area contributed by atoms with Crippen LogP contribution in [-0.2, 0) is 26.5 Å². The molecule has 4 aromatic heterocycles. The van der Waals surface area contributed by atoms with Crippen molar-refractivity contribution < 1.29 is 40.9 Å². The second-order valence-electron chi connectivity index (χ2n) is 20.1. The summed E-state index contributed by atoms with van der Waals surface area (Å²) in [4.78, 5) is 53.3. The van der Waals surface area contributed by atoms with Gasteiger partial charge in [0.05, 0.1) is 66.3 Å². The van der Waals surface area contributed by atoms with E-state index < -0.39 is 20.0 Å². The molecule has 0 bridgehead atoms. The first kappa shape index (κ1) is 57.0. The van der Waals surface area contributed by atoms with Gasteiger partial charge in [-0.3, -0.25) is 14.9 Å². The van der Waals surface area contributed by atoms with Gasteiger partial charge in [0.1, 0.15) is 34.8 Å². The first-order valence-electron chi connectivity index (χ1n) is 27.0. The van der Waals surface area contributed by atoms with E-state index in [2.05, 4.69) is 9.97 Å². The Bertz CT molecular complexity index is 3670. The maximum atomic E-state index is 13.7. The highest BCUT2D eigenvalue weighted by molar-refractivity contribution is 7.89. The molecular weight excluding hydrogens is 1050 g/mol. The highest BCUT2D eigenvalue weighted by Crippen LogP contribution is 2.39. The van der Waals surface area contributed by atoms with Gasteiger partial charge in [0.15, 0.2) is 22.8 Å². The summed E-state index contributed by atoms with van der Waals surface area (Å²) in [7, 11) is -3.00. The van der Waals surface area contributed by atoms with E-state index in [1.54, 1.807) is 53.3 Å². The topological polar surface area (TPSA) is 261 Å². The van der Waals surface area contributed by atoms with Crippen LogP contribution in [0, 0.1) is 13.8 Å². The van der Waals surface area contributed by atoms with Crippen LogP contribution in [0.15, 0.2) is 74.0 Å². The number of imidazole rings is 2. The predicted molar refractivity (Wildman–Crippen MR) is 298 cm³/mol. The van der Waals surface area contributed by atoms with Gasteiger partial charge in [-0.1, -0.05) is 31.7 Å². The first-order valence-corrected chi connectivity index (χ1v) is 29.9. The van der Waals surface area contributed by atoms with Crippen molar-refractivity contribution in [1.29, 1.82) is 0 Å². The van der Waals surface area contributed by atoms with Crippen LogP contribution in [0.4, 0.5) is 0 Å². The summed E-state index contributed by atoms with van der Waals surface area (Å²) in [5.74, 6) is 4.21. The third kappa shape index (κ3) is 11.8. The molecule has 79 heavy (non-hydrogen) atoms. The van der Waals surface area contributed by atoms with E-state index in [-0.39, 0.29) is 57.8 Å². The number of piperazine rings is 1. The molecule has 2 aliphatic carbocycles. The van der Waals surface area contributed by atoms with Gasteiger partial charge in [-0.05, 0) is 114 Å². The van der Waals surface area contributed by atoms with Gasteiger partial charge in [0.2, 0.25) is 20.0 Å². The van der Waals surface area contributed by atoms with Gasteiger partial charge in [-0.2, -0.15) is 4.31 Å². The Balaban J connectivity index is 0.000000193. The number of hydrogen-bond donors (Lipinski definition) is 3. The van der Waals surface area contributed by atoms with Gasteiger partial charge < -0.3 is 24.1 Å². The lowest BCUT2D eigenvalue weighted by Gasteiger charge is -2.33. The number of benzene rings is 3. The van der Waals surface area contributed by atoms with E-state index in [1.165, 1.54) is 41.7 Å². The van der Waals surface area contributed by atoms with Crippen molar-refractivity contribution in [3.63, 3.8) is 0 Å². The number of aromatic amines is 2. The fourth-order valence-electron chi connectivity index (χ4n) is 10.9. The number of hydrogen-bond acceptors (Lipinski definition) is 16. The zero-order chi connectivity index (χ0) is 56.2. The molecule has 5 heterocycles. The summed E-state index contributed by atoms with van der Waals surface area (Å²) >= 11 is 0. The highest BCUT2D eigenvalue weighted by Gasteiger charge is 2.32. The largest absolute Gasteiger partial charge is 0.493 e. The molecule has 0 spiro atoms. The van der Waals surface area contributed by atoms with Crippen molar-refractivity contribution in [2.75, 3.05) is 80.4 Å². The van der Waals surface area contributed by atoms with Gasteiger partial charge >= 0.3 is 11.4 Å². The second kappa shape index (κ2) is 24.3. The SMILES string of the molecule is CCOc1ccc(S(=O)(=O)N(C)CCc2ccc(OC)c(OC)c2)cc1-c1nc2c(C3CCCC3)nc(C)n2c(=O)[nH]1.CCOc1ccc(S(=O)(=O)N2CCN(CCO)CC2)cc1-c1nc2c(C3CCCC3)nc(C)n2c(=O)[nH]1. The van der Waals surface area contributed by atoms with Crippen molar-refractivity contribution in [2.45, 2.75) is 107 Å². The standard InChI is InChI=1S/C30H37N5O6S.C25H34N6O5S/c1-6-41-24-14-12-22(42(37,38)34(3)16-15-20-11-13-25(39-4)26(17-20)40-5)18-23(24)28-32-29-27(21-9-7-8-10-21)31-19(2)35(29)30(36)33-28;1-3-36-21-9-8-19(37(34,35)30-12-10-29(11-13-30)14-15-32)16-20(21)23-27-24-22(18-6-4-5-7-18)26-17(2)31(24)25(33)28-23/h11-14,17-18,21H,6-10,15-16H2,1-5H3,(H,32,33,36);8-9,16,18,32H,3-7,10-15H2,1-2H3,(H,27,28,33). The van der Waals surface area contributed by atoms with E-state index in [0.29, 0.717) is 109 Å². The summed E-state index contributed by atoms with van der Waals surface area (Å²) in [5, 5.41) is 9.17. The number of H-pyrrole nitrogens is 2. The lowest BCUT2D eigenvalue weighted by atomic mass is 10.0. The molecule has 2 saturated carbocycles. The fraction of sp³-hybridized carbons (Fsp3) is 0.491. The van der Waals surface area contributed by atoms with Crippen molar-refractivity contribution >= 4 is 31.3 Å². The van der Waals surface area contributed by atoms with Gasteiger partial charge in [0.25, 0.3) is 0 Å². The maximum absolute atomic E-state index is 13.7. The number of ether oxygens (including phenoxy) is 4. The molecule has 0 atom stereocenters. The molecule has 0 radical (unpaired) electrons. The lowest BCUT2D eigenvalue weighted by Crippen LogP contribution is -2.49. The Morgan fingerprint density at radius 2 is 1.13 bits per heavy atom. The maximum Gasteiger partial charge on any atom is 0.334 e. The van der Waals surface area contributed by atoms with Crippen LogP contribution in [0.2, 0.25) is 0 Å². The number of nitrogens with zero attached hydrogens (tertiary/aromatic N) is 9. The lowest BCUT2D eigenvalue weighted by molar-refractivity contribution is 0.151. The smallest absolute Gasteiger partial charge is 0.334 e. The molecule has 424 valence electrons. The number of aliphatic hydroxyl groups excluding tert-OH is 1. The number of rotatable bonds is 19. The molecule has 3 N–H and O–H groups in total. The number of methoxy groups -OCH3 is 2. The molecule has 0 unspecified atom stereocenters. The number of fused-ring (bicyclic) bond motifs is 2.